The van der Waals surface area contributed by atoms with Crippen molar-refractivity contribution in [2.75, 3.05) is 0 Å². The summed E-state index contributed by atoms with van der Waals surface area (Å²) in [5.41, 5.74) is 13.9. The molecule has 0 spiro atoms. The average molecular weight is 879 g/mol. The first-order valence-electron chi connectivity index (χ1n) is 23.0. The highest BCUT2D eigenvalue weighted by atomic mass is 16.3. The van der Waals surface area contributed by atoms with Gasteiger partial charge in [-0.2, -0.15) is 5.26 Å². The summed E-state index contributed by atoms with van der Waals surface area (Å²) in [7, 11) is 0. The lowest BCUT2D eigenvalue weighted by atomic mass is 10.1. The van der Waals surface area contributed by atoms with E-state index in [4.69, 9.17) is 11.0 Å². The standard InChI is InChI=1S/C62H34N6O/c1-64-49-35-56(37(36-63)33-57(49)67-53-25-13-8-21-47(53)59-55(67)32-30-46-43-20-9-14-26-58(43)69-62(46)59)68-54-31-27-39(65-50-22-10-5-17-40(50)41-18-6-11-23-51(41)65)34-48(54)45-29-28-44-42-19-7-12-24-52(42)66(60(44)61(45)68)38-15-3-2-4-16-38/h2-35H. The van der Waals surface area contributed by atoms with Gasteiger partial charge in [0.1, 0.15) is 17.2 Å². The zero-order valence-electron chi connectivity index (χ0n) is 36.7. The summed E-state index contributed by atoms with van der Waals surface area (Å²) in [5, 5.41) is 22.2. The SMILES string of the molecule is [C-]#[N+]c1cc(-n2c3ccc(-n4c5ccccc5c5ccccc54)cc3c3ccc4c5ccccc5n(-c5ccccc5)c4c32)c(C#N)cc1-n1c2ccccc2c2c3oc4ccccc4c3ccc21. The molecule has 5 aromatic heterocycles. The Labute approximate surface area is 393 Å². The number of fused-ring (bicyclic) bond motifs is 17. The van der Waals surface area contributed by atoms with E-state index in [2.05, 4.69) is 187 Å². The maximum atomic E-state index is 11.5. The van der Waals surface area contributed by atoms with Crippen LogP contribution < -0.4 is 0 Å². The highest BCUT2D eigenvalue weighted by molar-refractivity contribution is 6.26. The lowest BCUT2D eigenvalue weighted by Gasteiger charge is -2.17. The van der Waals surface area contributed by atoms with Gasteiger partial charge in [0, 0.05) is 59.9 Å². The molecule has 0 radical (unpaired) electrons. The molecule has 0 atom stereocenters. The van der Waals surface area contributed by atoms with Crippen molar-refractivity contribution in [1.82, 2.24) is 18.3 Å². The van der Waals surface area contributed by atoms with Crippen molar-refractivity contribution in [3.63, 3.8) is 0 Å². The van der Waals surface area contributed by atoms with Gasteiger partial charge in [0.15, 0.2) is 0 Å². The third-order valence-electron chi connectivity index (χ3n) is 14.4. The second kappa shape index (κ2) is 13.9. The first kappa shape index (κ1) is 37.4. The van der Waals surface area contributed by atoms with E-state index < -0.39 is 0 Å². The second-order valence-corrected chi connectivity index (χ2v) is 17.8. The van der Waals surface area contributed by atoms with E-state index in [1.165, 1.54) is 10.8 Å². The molecule has 0 amide bonds. The largest absolute Gasteiger partial charge is 0.455 e. The van der Waals surface area contributed by atoms with Gasteiger partial charge >= 0.3 is 0 Å². The third-order valence-corrected chi connectivity index (χ3v) is 14.4. The summed E-state index contributed by atoms with van der Waals surface area (Å²) in [6.45, 7) is 8.87. The fourth-order valence-corrected chi connectivity index (χ4v) is 11.6. The minimum Gasteiger partial charge on any atom is -0.455 e. The highest BCUT2D eigenvalue weighted by Crippen LogP contribution is 2.46. The van der Waals surface area contributed by atoms with E-state index in [9.17, 15) is 5.26 Å². The Kier molecular flexibility index (Phi) is 7.51. The van der Waals surface area contributed by atoms with Gasteiger partial charge in [-0.1, -0.05) is 121 Å². The molecule has 0 bridgehead atoms. The topological polar surface area (TPSA) is 61.0 Å². The van der Waals surface area contributed by atoms with Crippen LogP contribution in [-0.4, -0.2) is 18.3 Å². The van der Waals surface area contributed by atoms with Gasteiger partial charge in [-0.15, -0.1) is 0 Å². The molecule has 0 saturated heterocycles. The molecule has 0 aliphatic rings. The quantitative estimate of drug-likeness (QED) is 0.165. The Morgan fingerprint density at radius 1 is 0.391 bits per heavy atom. The second-order valence-electron chi connectivity index (χ2n) is 17.8. The van der Waals surface area contributed by atoms with Gasteiger partial charge in [0.2, 0.25) is 5.69 Å². The molecule has 7 heteroatoms. The summed E-state index contributed by atoms with van der Waals surface area (Å²) in [4.78, 5) is 4.29. The van der Waals surface area contributed by atoms with Crippen LogP contribution in [0.1, 0.15) is 5.56 Å². The van der Waals surface area contributed by atoms with Crippen molar-refractivity contribution < 1.29 is 4.42 Å². The number of benzene rings is 10. The predicted octanol–water partition coefficient (Wildman–Crippen LogP) is 16.4. The van der Waals surface area contributed by atoms with Crippen LogP contribution in [0.25, 0.3) is 137 Å². The molecular formula is C62H34N6O. The minimum absolute atomic E-state index is 0.420. The number of hydrogen-bond acceptors (Lipinski definition) is 2. The van der Waals surface area contributed by atoms with Crippen LogP contribution in [0.4, 0.5) is 5.69 Å². The van der Waals surface area contributed by atoms with E-state index in [-0.39, 0.29) is 0 Å². The van der Waals surface area contributed by atoms with E-state index in [0.717, 1.165) is 110 Å². The molecule has 15 rings (SSSR count). The average Bonchev–Trinajstić information content (AvgIpc) is 4.21. The molecule has 0 aliphatic carbocycles. The van der Waals surface area contributed by atoms with Gasteiger partial charge in [-0.05, 0) is 84.9 Å². The maximum absolute atomic E-state index is 11.5. The first-order valence-corrected chi connectivity index (χ1v) is 23.0. The maximum Gasteiger partial charge on any atom is 0.212 e. The van der Waals surface area contributed by atoms with E-state index >= 15 is 0 Å². The lowest BCUT2D eigenvalue weighted by molar-refractivity contribution is 0.673. The Bertz CT molecular complexity index is 4760. The van der Waals surface area contributed by atoms with Gasteiger partial charge < -0.3 is 22.7 Å². The number of hydrogen-bond donors (Lipinski definition) is 0. The first-order chi connectivity index (χ1) is 34.2. The molecule has 0 unspecified atom stereocenters. The molecule has 15 aromatic rings. The summed E-state index contributed by atoms with van der Waals surface area (Å²) in [6, 6.07) is 74.4. The van der Waals surface area contributed by atoms with Crippen LogP contribution in [0.5, 0.6) is 0 Å². The van der Waals surface area contributed by atoms with Gasteiger partial charge in [0.05, 0.1) is 73.0 Å². The molecule has 10 aromatic carbocycles. The van der Waals surface area contributed by atoms with Gasteiger partial charge in [0.25, 0.3) is 0 Å². The summed E-state index contributed by atoms with van der Waals surface area (Å²) >= 11 is 0. The van der Waals surface area contributed by atoms with Crippen molar-refractivity contribution in [2.45, 2.75) is 0 Å². The van der Waals surface area contributed by atoms with Crippen molar-refractivity contribution in [3.05, 3.63) is 223 Å². The van der Waals surface area contributed by atoms with Crippen LogP contribution in [0.2, 0.25) is 0 Å². The highest BCUT2D eigenvalue weighted by Gasteiger charge is 2.26. The molecule has 318 valence electrons. The van der Waals surface area contributed by atoms with Crippen molar-refractivity contribution in [1.29, 1.82) is 5.26 Å². The summed E-state index contributed by atoms with van der Waals surface area (Å²) in [5.74, 6) is 0. The van der Waals surface area contributed by atoms with Crippen LogP contribution in [0.15, 0.2) is 211 Å². The molecule has 0 aliphatic heterocycles. The van der Waals surface area contributed by atoms with Crippen molar-refractivity contribution in [3.8, 4) is 28.8 Å². The zero-order chi connectivity index (χ0) is 45.5. The fourth-order valence-electron chi connectivity index (χ4n) is 11.6. The number of nitriles is 1. The molecule has 0 N–H and O–H groups in total. The van der Waals surface area contributed by atoms with E-state index in [1.54, 1.807) is 0 Å². The predicted molar refractivity (Wildman–Crippen MR) is 282 cm³/mol. The number of nitrogens with zero attached hydrogens (tertiary/aromatic N) is 6. The Hall–Kier alpha value is -9.82. The molecule has 0 fully saturated rings. The number of furan rings is 1. The van der Waals surface area contributed by atoms with E-state index in [0.29, 0.717) is 22.6 Å². The van der Waals surface area contributed by atoms with Crippen molar-refractivity contribution >= 4 is 115 Å². The summed E-state index contributed by atoms with van der Waals surface area (Å²) < 4.78 is 15.7. The van der Waals surface area contributed by atoms with Crippen LogP contribution in [-0.2, 0) is 0 Å². The minimum atomic E-state index is 0.420. The molecule has 0 saturated carbocycles. The number of rotatable bonds is 4. The Morgan fingerprint density at radius 3 is 1.62 bits per heavy atom. The van der Waals surface area contributed by atoms with Gasteiger partial charge in [-0.25, -0.2) is 4.85 Å². The number of aromatic nitrogens is 4. The molecule has 5 heterocycles. The number of para-hydroxylation sites is 6. The lowest BCUT2D eigenvalue weighted by Crippen LogP contribution is -2.03. The van der Waals surface area contributed by atoms with Crippen LogP contribution in [0.3, 0.4) is 0 Å². The molecule has 7 nitrogen and oxygen atoms in total. The Morgan fingerprint density at radius 2 is 0.928 bits per heavy atom. The zero-order valence-corrected chi connectivity index (χ0v) is 36.7. The summed E-state index contributed by atoms with van der Waals surface area (Å²) in [6.07, 6.45) is 0. The molecular weight excluding hydrogens is 845 g/mol. The monoisotopic (exact) mass is 878 g/mol. The normalized spacial score (nSPS) is 12.0. The van der Waals surface area contributed by atoms with Crippen molar-refractivity contribution in [2.24, 2.45) is 0 Å². The smallest absolute Gasteiger partial charge is 0.212 e. The Balaban J connectivity index is 1.07. The fraction of sp³-hybridized carbons (Fsp3) is 0. The van der Waals surface area contributed by atoms with Crippen LogP contribution in [0, 0.1) is 17.9 Å². The third kappa shape index (κ3) is 4.97. The van der Waals surface area contributed by atoms with E-state index in [1.807, 2.05) is 48.5 Å². The molecule has 69 heavy (non-hydrogen) atoms. The van der Waals surface area contributed by atoms with Gasteiger partial charge in [-0.3, -0.25) is 0 Å². The van der Waals surface area contributed by atoms with Crippen LogP contribution >= 0.6 is 0 Å².